The van der Waals surface area contributed by atoms with E-state index >= 15 is 0 Å². The molecule has 0 aromatic heterocycles. The van der Waals surface area contributed by atoms with E-state index in [0.717, 1.165) is 16.9 Å². The summed E-state index contributed by atoms with van der Waals surface area (Å²) in [5.41, 5.74) is 8.20. The standard InChI is InChI=1S/C13H17N3O2/c1-8(14)13(18)15(2)10-4-5-11-9(6-10)7-12(17)16(11)3/h4-6,8H,7,14H2,1-3H3. The topological polar surface area (TPSA) is 66.6 Å². The van der Waals surface area contributed by atoms with E-state index in [0.29, 0.717) is 6.42 Å². The number of benzene rings is 1. The van der Waals surface area contributed by atoms with Crippen molar-refractivity contribution in [1.82, 2.24) is 0 Å². The molecule has 0 saturated carbocycles. The quantitative estimate of drug-likeness (QED) is 0.828. The largest absolute Gasteiger partial charge is 0.320 e. The first-order valence-electron chi connectivity index (χ1n) is 5.84. The smallest absolute Gasteiger partial charge is 0.243 e. The summed E-state index contributed by atoms with van der Waals surface area (Å²) < 4.78 is 0. The van der Waals surface area contributed by atoms with Crippen LogP contribution in [0, 0.1) is 0 Å². The number of nitrogens with zero attached hydrogens (tertiary/aromatic N) is 2. The van der Waals surface area contributed by atoms with Gasteiger partial charge >= 0.3 is 0 Å². The molecule has 0 radical (unpaired) electrons. The van der Waals surface area contributed by atoms with Crippen LogP contribution < -0.4 is 15.5 Å². The highest BCUT2D eigenvalue weighted by molar-refractivity contribution is 6.02. The van der Waals surface area contributed by atoms with Gasteiger partial charge in [-0.25, -0.2) is 0 Å². The summed E-state index contributed by atoms with van der Waals surface area (Å²) in [6, 6.07) is 5.03. The molecule has 1 aromatic carbocycles. The molecule has 1 unspecified atom stereocenters. The minimum atomic E-state index is -0.535. The SMILES string of the molecule is CC(N)C(=O)N(C)c1ccc2c(c1)CC(=O)N2C. The molecule has 0 bridgehead atoms. The van der Waals surface area contributed by atoms with Gasteiger partial charge in [0, 0.05) is 25.5 Å². The number of fused-ring (bicyclic) bond motifs is 1. The molecule has 0 aliphatic carbocycles. The fourth-order valence-corrected chi connectivity index (χ4v) is 2.10. The van der Waals surface area contributed by atoms with Crippen LogP contribution in [0.25, 0.3) is 0 Å². The molecule has 0 spiro atoms. The number of rotatable bonds is 2. The lowest BCUT2D eigenvalue weighted by atomic mass is 10.1. The second kappa shape index (κ2) is 4.42. The zero-order valence-electron chi connectivity index (χ0n) is 10.8. The highest BCUT2D eigenvalue weighted by Gasteiger charge is 2.25. The Kier molecular flexibility index (Phi) is 3.09. The number of carbonyl (C=O) groups excluding carboxylic acids is 2. The fraction of sp³-hybridized carbons (Fsp3) is 0.385. The van der Waals surface area contributed by atoms with Crippen LogP contribution in [0.1, 0.15) is 12.5 Å². The van der Waals surface area contributed by atoms with E-state index in [1.165, 1.54) is 4.90 Å². The first kappa shape index (κ1) is 12.6. The van der Waals surface area contributed by atoms with Crippen LogP contribution in [-0.4, -0.2) is 32.0 Å². The minimum absolute atomic E-state index is 0.0725. The van der Waals surface area contributed by atoms with Gasteiger partial charge in [0.25, 0.3) is 0 Å². The van der Waals surface area contributed by atoms with Gasteiger partial charge in [0.15, 0.2) is 0 Å². The van der Waals surface area contributed by atoms with E-state index in [1.54, 1.807) is 25.9 Å². The third-order valence-corrected chi connectivity index (χ3v) is 3.25. The van der Waals surface area contributed by atoms with Crippen molar-refractivity contribution < 1.29 is 9.59 Å². The number of likely N-dealkylation sites (N-methyl/N-ethyl adjacent to an activating group) is 2. The Bertz CT molecular complexity index is 511. The molecule has 1 heterocycles. The van der Waals surface area contributed by atoms with Crippen molar-refractivity contribution in [2.75, 3.05) is 23.9 Å². The van der Waals surface area contributed by atoms with Crippen LogP contribution in [0.5, 0.6) is 0 Å². The van der Waals surface area contributed by atoms with Gasteiger partial charge in [0.05, 0.1) is 12.5 Å². The zero-order valence-corrected chi connectivity index (χ0v) is 10.8. The Hall–Kier alpha value is -1.88. The molecule has 1 aliphatic rings. The Labute approximate surface area is 106 Å². The predicted molar refractivity (Wildman–Crippen MR) is 70.6 cm³/mol. The molecule has 0 saturated heterocycles. The number of anilines is 2. The summed E-state index contributed by atoms with van der Waals surface area (Å²) in [4.78, 5) is 26.5. The summed E-state index contributed by atoms with van der Waals surface area (Å²) in [5.74, 6) is -0.0732. The first-order valence-corrected chi connectivity index (χ1v) is 5.84. The van der Waals surface area contributed by atoms with E-state index in [-0.39, 0.29) is 11.8 Å². The lowest BCUT2D eigenvalue weighted by Gasteiger charge is -2.20. The second-order valence-corrected chi connectivity index (χ2v) is 4.63. The lowest BCUT2D eigenvalue weighted by Crippen LogP contribution is -2.39. The van der Waals surface area contributed by atoms with Gasteiger partial charge in [-0.05, 0) is 30.7 Å². The predicted octanol–water partition coefficient (Wildman–Crippen LogP) is 0.516. The molecule has 5 heteroatoms. The van der Waals surface area contributed by atoms with E-state index in [2.05, 4.69) is 0 Å². The fourth-order valence-electron chi connectivity index (χ4n) is 2.10. The van der Waals surface area contributed by atoms with Crippen LogP contribution in [0.15, 0.2) is 18.2 Å². The summed E-state index contributed by atoms with van der Waals surface area (Å²) >= 11 is 0. The number of nitrogens with two attached hydrogens (primary N) is 1. The molecule has 1 atom stereocenters. The highest BCUT2D eigenvalue weighted by Crippen LogP contribution is 2.31. The number of hydrogen-bond acceptors (Lipinski definition) is 3. The highest BCUT2D eigenvalue weighted by atomic mass is 16.2. The summed E-state index contributed by atoms with van der Waals surface area (Å²) in [6.07, 6.45) is 0.389. The third kappa shape index (κ3) is 1.97. The van der Waals surface area contributed by atoms with Crippen molar-refractivity contribution >= 4 is 23.2 Å². The average Bonchev–Trinajstić information content (AvgIpc) is 2.62. The molecule has 2 rings (SSSR count). The Morgan fingerprint density at radius 3 is 2.78 bits per heavy atom. The molecule has 5 nitrogen and oxygen atoms in total. The van der Waals surface area contributed by atoms with Gasteiger partial charge in [-0.2, -0.15) is 0 Å². The van der Waals surface area contributed by atoms with Crippen molar-refractivity contribution in [3.05, 3.63) is 23.8 Å². The minimum Gasteiger partial charge on any atom is -0.320 e. The van der Waals surface area contributed by atoms with Gasteiger partial charge in [0.2, 0.25) is 11.8 Å². The van der Waals surface area contributed by atoms with Gasteiger partial charge in [-0.3, -0.25) is 9.59 Å². The number of amides is 2. The maximum absolute atomic E-state index is 11.8. The molecular weight excluding hydrogens is 230 g/mol. The van der Waals surface area contributed by atoms with Gasteiger partial charge in [-0.15, -0.1) is 0 Å². The van der Waals surface area contributed by atoms with Crippen molar-refractivity contribution in [1.29, 1.82) is 0 Å². The Morgan fingerprint density at radius 1 is 1.50 bits per heavy atom. The van der Waals surface area contributed by atoms with Gasteiger partial charge in [0.1, 0.15) is 0 Å². The van der Waals surface area contributed by atoms with Crippen molar-refractivity contribution in [3.63, 3.8) is 0 Å². The van der Waals surface area contributed by atoms with Gasteiger partial charge in [-0.1, -0.05) is 0 Å². The summed E-state index contributed by atoms with van der Waals surface area (Å²) in [5, 5.41) is 0. The molecule has 2 N–H and O–H groups in total. The molecule has 2 amide bonds. The second-order valence-electron chi connectivity index (χ2n) is 4.63. The van der Waals surface area contributed by atoms with Crippen molar-refractivity contribution in [3.8, 4) is 0 Å². The van der Waals surface area contributed by atoms with Crippen LogP contribution in [0.3, 0.4) is 0 Å². The van der Waals surface area contributed by atoms with Crippen molar-refractivity contribution in [2.45, 2.75) is 19.4 Å². The monoisotopic (exact) mass is 247 g/mol. The van der Waals surface area contributed by atoms with E-state index in [9.17, 15) is 9.59 Å². The van der Waals surface area contributed by atoms with E-state index in [1.807, 2.05) is 18.2 Å². The van der Waals surface area contributed by atoms with Crippen LogP contribution in [0.2, 0.25) is 0 Å². The number of carbonyl (C=O) groups is 2. The average molecular weight is 247 g/mol. The molecule has 1 aromatic rings. The third-order valence-electron chi connectivity index (χ3n) is 3.25. The summed E-state index contributed by atoms with van der Waals surface area (Å²) in [6.45, 7) is 1.66. The first-order chi connectivity index (χ1) is 8.41. The molecule has 18 heavy (non-hydrogen) atoms. The summed E-state index contributed by atoms with van der Waals surface area (Å²) in [7, 11) is 3.44. The van der Waals surface area contributed by atoms with Crippen molar-refractivity contribution in [2.24, 2.45) is 5.73 Å². The lowest BCUT2D eigenvalue weighted by molar-refractivity contribution is -0.119. The number of hydrogen-bond donors (Lipinski definition) is 1. The normalized spacial score (nSPS) is 15.6. The van der Waals surface area contributed by atoms with E-state index in [4.69, 9.17) is 5.73 Å². The Morgan fingerprint density at radius 2 is 2.17 bits per heavy atom. The molecule has 0 fully saturated rings. The van der Waals surface area contributed by atoms with Gasteiger partial charge < -0.3 is 15.5 Å². The maximum Gasteiger partial charge on any atom is 0.243 e. The zero-order chi connectivity index (χ0) is 13.4. The van der Waals surface area contributed by atoms with Crippen LogP contribution in [-0.2, 0) is 16.0 Å². The molecular formula is C13H17N3O2. The maximum atomic E-state index is 11.8. The van der Waals surface area contributed by atoms with Crippen LogP contribution >= 0.6 is 0 Å². The van der Waals surface area contributed by atoms with E-state index < -0.39 is 6.04 Å². The molecule has 1 aliphatic heterocycles. The van der Waals surface area contributed by atoms with Crippen LogP contribution in [0.4, 0.5) is 11.4 Å². The molecule has 96 valence electrons. The Balaban J connectivity index is 2.31.